The van der Waals surface area contributed by atoms with E-state index in [9.17, 15) is 14.4 Å². The Labute approximate surface area is 191 Å². The van der Waals surface area contributed by atoms with Gasteiger partial charge in [0.05, 0.1) is 24.6 Å². The Kier molecular flexibility index (Phi) is 6.41. The zero-order valence-corrected chi connectivity index (χ0v) is 19.2. The van der Waals surface area contributed by atoms with Crippen LogP contribution < -0.4 is 10.1 Å². The van der Waals surface area contributed by atoms with Gasteiger partial charge in [0.1, 0.15) is 11.8 Å². The van der Waals surface area contributed by atoms with Crippen molar-refractivity contribution in [2.45, 2.75) is 39.2 Å². The standard InChI is InChI=1S/C24H27N3O4S/c1-14(2)12-20(27-22(29)17-6-4-5-7-18(17)23(27)30)21(28)26-24-25-19(13-32-24)15-8-10-16(31-3)11-9-15/h4-5,8-11,13-14,17-18,20H,6-7,12H2,1-3H3,(H,25,26,28). The van der Waals surface area contributed by atoms with Crippen molar-refractivity contribution in [3.8, 4) is 17.0 Å². The number of anilines is 1. The second-order valence-corrected chi connectivity index (χ2v) is 9.46. The smallest absolute Gasteiger partial charge is 0.249 e. The summed E-state index contributed by atoms with van der Waals surface area (Å²) < 4.78 is 5.18. The normalized spacial score (nSPS) is 21.1. The number of fused-ring (bicyclic) bond motifs is 1. The van der Waals surface area contributed by atoms with Gasteiger partial charge >= 0.3 is 0 Å². The number of amides is 3. The van der Waals surface area contributed by atoms with E-state index in [0.717, 1.165) is 17.0 Å². The maximum Gasteiger partial charge on any atom is 0.249 e. The zero-order valence-electron chi connectivity index (χ0n) is 18.4. The van der Waals surface area contributed by atoms with E-state index < -0.39 is 6.04 Å². The molecule has 168 valence electrons. The SMILES string of the molecule is COc1ccc(-c2csc(NC(=O)C(CC(C)C)N3C(=O)C4CC=CCC4C3=O)n2)cc1. The summed E-state index contributed by atoms with van der Waals surface area (Å²) in [5.41, 5.74) is 1.64. The van der Waals surface area contributed by atoms with Crippen molar-refractivity contribution >= 4 is 34.2 Å². The lowest BCUT2D eigenvalue weighted by Gasteiger charge is -2.27. The molecule has 1 saturated heterocycles. The number of nitrogens with zero attached hydrogens (tertiary/aromatic N) is 2. The Hall–Kier alpha value is -3.00. The van der Waals surface area contributed by atoms with E-state index in [1.165, 1.54) is 16.2 Å². The van der Waals surface area contributed by atoms with Crippen LogP contribution in [0, 0.1) is 17.8 Å². The van der Waals surface area contributed by atoms with Crippen LogP contribution in [0.5, 0.6) is 5.75 Å². The van der Waals surface area contributed by atoms with Gasteiger partial charge in [-0.3, -0.25) is 19.3 Å². The van der Waals surface area contributed by atoms with E-state index >= 15 is 0 Å². The molecule has 0 bridgehead atoms. The molecular weight excluding hydrogens is 426 g/mol. The Morgan fingerprint density at radius 1 is 1.16 bits per heavy atom. The first kappa shape index (κ1) is 22.2. The van der Waals surface area contributed by atoms with Gasteiger partial charge in [0.15, 0.2) is 5.13 Å². The second kappa shape index (κ2) is 9.24. The van der Waals surface area contributed by atoms with E-state index in [2.05, 4.69) is 10.3 Å². The molecule has 0 saturated carbocycles. The highest BCUT2D eigenvalue weighted by molar-refractivity contribution is 7.14. The molecule has 3 unspecified atom stereocenters. The summed E-state index contributed by atoms with van der Waals surface area (Å²) in [4.78, 5) is 45.1. The van der Waals surface area contributed by atoms with Crippen LogP contribution in [0.2, 0.25) is 0 Å². The maximum absolute atomic E-state index is 13.2. The van der Waals surface area contributed by atoms with Crippen molar-refractivity contribution in [1.29, 1.82) is 0 Å². The molecule has 3 amide bonds. The summed E-state index contributed by atoms with van der Waals surface area (Å²) >= 11 is 1.31. The molecule has 3 atom stereocenters. The number of benzene rings is 1. The number of ether oxygens (including phenoxy) is 1. The molecule has 1 N–H and O–H groups in total. The number of allylic oxidation sites excluding steroid dienone is 2. The number of imide groups is 1. The first-order valence-electron chi connectivity index (χ1n) is 10.8. The molecule has 2 aliphatic rings. The number of carbonyl (C=O) groups excluding carboxylic acids is 3. The number of nitrogens with one attached hydrogen (secondary N) is 1. The molecule has 8 heteroatoms. The van der Waals surface area contributed by atoms with Gasteiger partial charge in [-0.25, -0.2) is 4.98 Å². The van der Waals surface area contributed by atoms with Crippen molar-refractivity contribution in [3.05, 3.63) is 41.8 Å². The predicted octanol–water partition coefficient (Wildman–Crippen LogP) is 4.12. The zero-order chi connectivity index (χ0) is 22.8. The predicted molar refractivity (Wildman–Crippen MR) is 123 cm³/mol. The number of carbonyl (C=O) groups is 3. The number of rotatable bonds is 7. The van der Waals surface area contributed by atoms with Crippen molar-refractivity contribution in [2.24, 2.45) is 17.8 Å². The molecule has 4 rings (SSSR count). The largest absolute Gasteiger partial charge is 0.497 e. The van der Waals surface area contributed by atoms with Crippen LogP contribution >= 0.6 is 11.3 Å². The third-order valence-electron chi connectivity index (χ3n) is 5.97. The fraction of sp³-hybridized carbons (Fsp3) is 0.417. The summed E-state index contributed by atoms with van der Waals surface area (Å²) in [7, 11) is 1.61. The third-order valence-corrected chi connectivity index (χ3v) is 6.73. The molecule has 32 heavy (non-hydrogen) atoms. The molecular formula is C24H27N3O4S. The van der Waals surface area contributed by atoms with Gasteiger partial charge in [-0.05, 0) is 49.4 Å². The lowest BCUT2D eigenvalue weighted by atomic mass is 9.85. The van der Waals surface area contributed by atoms with E-state index in [0.29, 0.717) is 24.4 Å². The molecule has 2 heterocycles. The highest BCUT2D eigenvalue weighted by Gasteiger charge is 2.51. The second-order valence-electron chi connectivity index (χ2n) is 8.60. The minimum Gasteiger partial charge on any atom is -0.497 e. The minimum atomic E-state index is -0.839. The van der Waals surface area contributed by atoms with Gasteiger partial charge in [-0.2, -0.15) is 0 Å². The van der Waals surface area contributed by atoms with Gasteiger partial charge in [0, 0.05) is 10.9 Å². The monoisotopic (exact) mass is 453 g/mol. The molecule has 0 spiro atoms. The summed E-state index contributed by atoms with van der Waals surface area (Å²) in [6, 6.07) is 6.67. The number of hydrogen-bond donors (Lipinski definition) is 1. The average Bonchev–Trinajstić information content (AvgIpc) is 3.35. The van der Waals surface area contributed by atoms with Gasteiger partial charge in [-0.1, -0.05) is 26.0 Å². The Morgan fingerprint density at radius 2 is 1.78 bits per heavy atom. The van der Waals surface area contributed by atoms with Crippen molar-refractivity contribution in [3.63, 3.8) is 0 Å². The molecule has 0 radical (unpaired) electrons. The number of likely N-dealkylation sites (tertiary alicyclic amines) is 1. The highest BCUT2D eigenvalue weighted by atomic mass is 32.1. The van der Waals surface area contributed by atoms with Gasteiger partial charge < -0.3 is 10.1 Å². The Balaban J connectivity index is 1.52. The third kappa shape index (κ3) is 4.32. The van der Waals surface area contributed by atoms with Crippen LogP contribution in [0.3, 0.4) is 0 Å². The van der Waals surface area contributed by atoms with Gasteiger partial charge in [-0.15, -0.1) is 11.3 Å². The molecule has 7 nitrogen and oxygen atoms in total. The van der Waals surface area contributed by atoms with Gasteiger partial charge in [0.2, 0.25) is 17.7 Å². The van der Waals surface area contributed by atoms with E-state index in [1.54, 1.807) is 7.11 Å². The summed E-state index contributed by atoms with van der Waals surface area (Å²) in [5.74, 6) is -0.648. The lowest BCUT2D eigenvalue weighted by molar-refractivity contribution is -0.147. The first-order chi connectivity index (χ1) is 15.4. The van der Waals surface area contributed by atoms with Crippen LogP contribution in [0.15, 0.2) is 41.8 Å². The van der Waals surface area contributed by atoms with Crippen LogP contribution in [-0.4, -0.2) is 40.8 Å². The number of hydrogen-bond acceptors (Lipinski definition) is 6. The average molecular weight is 454 g/mol. The van der Waals surface area contributed by atoms with Crippen LogP contribution in [0.1, 0.15) is 33.1 Å². The van der Waals surface area contributed by atoms with E-state index in [1.807, 2.05) is 55.6 Å². The molecule has 1 aliphatic heterocycles. The first-order valence-corrected chi connectivity index (χ1v) is 11.7. The lowest BCUT2D eigenvalue weighted by Crippen LogP contribution is -2.48. The number of methoxy groups -OCH3 is 1. The van der Waals surface area contributed by atoms with Crippen molar-refractivity contribution in [1.82, 2.24) is 9.88 Å². The van der Waals surface area contributed by atoms with E-state index in [-0.39, 0.29) is 35.5 Å². The molecule has 1 aliphatic carbocycles. The van der Waals surface area contributed by atoms with Crippen LogP contribution in [0.4, 0.5) is 5.13 Å². The van der Waals surface area contributed by atoms with E-state index in [4.69, 9.17) is 4.74 Å². The quantitative estimate of drug-likeness (QED) is 0.503. The fourth-order valence-corrected chi connectivity index (χ4v) is 5.05. The van der Waals surface area contributed by atoms with Crippen LogP contribution in [-0.2, 0) is 14.4 Å². The molecule has 1 aromatic heterocycles. The molecule has 1 fully saturated rings. The summed E-state index contributed by atoms with van der Waals surface area (Å²) in [5, 5.41) is 5.14. The highest BCUT2D eigenvalue weighted by Crippen LogP contribution is 2.37. The fourth-order valence-electron chi connectivity index (χ4n) is 4.32. The topological polar surface area (TPSA) is 88.6 Å². The minimum absolute atomic E-state index is 0.137. The van der Waals surface area contributed by atoms with Gasteiger partial charge in [0.25, 0.3) is 0 Å². The Bertz CT molecular complexity index is 1020. The number of aromatic nitrogens is 1. The number of thiazole rings is 1. The summed E-state index contributed by atoms with van der Waals surface area (Å²) in [6.07, 6.45) is 5.42. The molecule has 1 aromatic carbocycles. The maximum atomic E-state index is 13.2. The van der Waals surface area contributed by atoms with Crippen molar-refractivity contribution in [2.75, 3.05) is 12.4 Å². The van der Waals surface area contributed by atoms with Crippen molar-refractivity contribution < 1.29 is 19.1 Å². The van der Waals surface area contributed by atoms with Crippen LogP contribution in [0.25, 0.3) is 11.3 Å². The Morgan fingerprint density at radius 3 is 2.34 bits per heavy atom. The summed E-state index contributed by atoms with van der Waals surface area (Å²) in [6.45, 7) is 3.95. The molecule has 2 aromatic rings.